The molecule has 2 rings (SSSR count). The standard InChI is InChI=1S/C12H16ClNO/c1-14-6-4-9(5-7-14)10-2-3-11(13)12(15)8-10/h2-3,8-9,15H,4-7H2,1H3. The van der Waals surface area contributed by atoms with Gasteiger partial charge in [-0.3, -0.25) is 0 Å². The molecular weight excluding hydrogens is 210 g/mol. The zero-order valence-electron chi connectivity index (χ0n) is 8.91. The highest BCUT2D eigenvalue weighted by Crippen LogP contribution is 2.32. The van der Waals surface area contributed by atoms with Crippen LogP contribution in [0.3, 0.4) is 0 Å². The summed E-state index contributed by atoms with van der Waals surface area (Å²) in [5, 5.41) is 9.98. The molecule has 0 unspecified atom stereocenters. The Hall–Kier alpha value is -0.730. The summed E-state index contributed by atoms with van der Waals surface area (Å²) >= 11 is 5.78. The van der Waals surface area contributed by atoms with Crippen molar-refractivity contribution in [2.75, 3.05) is 20.1 Å². The van der Waals surface area contributed by atoms with E-state index < -0.39 is 0 Å². The number of aromatic hydroxyl groups is 1. The molecule has 3 heteroatoms. The third kappa shape index (κ3) is 2.44. The first-order valence-corrected chi connectivity index (χ1v) is 5.71. The van der Waals surface area contributed by atoms with Gasteiger partial charge in [-0.25, -0.2) is 0 Å². The Labute approximate surface area is 95.5 Å². The van der Waals surface area contributed by atoms with Crippen LogP contribution in [0.15, 0.2) is 18.2 Å². The van der Waals surface area contributed by atoms with E-state index in [2.05, 4.69) is 11.9 Å². The van der Waals surface area contributed by atoms with E-state index in [0.717, 1.165) is 25.9 Å². The number of likely N-dealkylation sites (tertiary alicyclic amines) is 1. The predicted molar refractivity (Wildman–Crippen MR) is 62.6 cm³/mol. The Morgan fingerprint density at radius 2 is 2.00 bits per heavy atom. The van der Waals surface area contributed by atoms with E-state index in [1.54, 1.807) is 12.1 Å². The maximum Gasteiger partial charge on any atom is 0.134 e. The van der Waals surface area contributed by atoms with Gasteiger partial charge in [0, 0.05) is 0 Å². The van der Waals surface area contributed by atoms with Crippen molar-refractivity contribution in [3.63, 3.8) is 0 Å². The van der Waals surface area contributed by atoms with Crippen molar-refractivity contribution in [2.45, 2.75) is 18.8 Å². The molecule has 0 spiro atoms. The van der Waals surface area contributed by atoms with Crippen LogP contribution in [-0.4, -0.2) is 30.1 Å². The van der Waals surface area contributed by atoms with Crippen molar-refractivity contribution >= 4 is 11.6 Å². The monoisotopic (exact) mass is 225 g/mol. The molecule has 0 aromatic heterocycles. The molecule has 0 saturated carbocycles. The Morgan fingerprint density at radius 1 is 1.33 bits per heavy atom. The molecule has 1 fully saturated rings. The topological polar surface area (TPSA) is 23.5 Å². The molecule has 0 radical (unpaired) electrons. The van der Waals surface area contributed by atoms with Crippen LogP contribution in [0.25, 0.3) is 0 Å². The van der Waals surface area contributed by atoms with Crippen LogP contribution in [0.1, 0.15) is 24.3 Å². The first kappa shape index (κ1) is 10.8. The second kappa shape index (κ2) is 4.42. The Kier molecular flexibility index (Phi) is 3.17. The highest BCUT2D eigenvalue weighted by atomic mass is 35.5. The van der Waals surface area contributed by atoms with Crippen molar-refractivity contribution < 1.29 is 5.11 Å². The van der Waals surface area contributed by atoms with Crippen LogP contribution < -0.4 is 0 Å². The molecule has 0 amide bonds. The number of phenols is 1. The number of phenolic OH excluding ortho intramolecular Hbond substituents is 1. The lowest BCUT2D eigenvalue weighted by molar-refractivity contribution is 0.255. The molecular formula is C12H16ClNO. The molecule has 1 saturated heterocycles. The van der Waals surface area contributed by atoms with Gasteiger partial charge in [-0.2, -0.15) is 0 Å². The Balaban J connectivity index is 2.12. The fourth-order valence-corrected chi connectivity index (χ4v) is 2.24. The highest BCUT2D eigenvalue weighted by Gasteiger charge is 2.18. The summed E-state index contributed by atoms with van der Waals surface area (Å²) in [5.74, 6) is 0.775. The fourth-order valence-electron chi connectivity index (χ4n) is 2.13. The summed E-state index contributed by atoms with van der Waals surface area (Å²) in [6, 6.07) is 5.61. The van der Waals surface area contributed by atoms with E-state index in [0.29, 0.717) is 10.9 Å². The van der Waals surface area contributed by atoms with Crippen molar-refractivity contribution in [3.8, 4) is 5.75 Å². The molecule has 1 aromatic carbocycles. The molecule has 0 aliphatic carbocycles. The summed E-state index contributed by atoms with van der Waals surface area (Å²) in [6.07, 6.45) is 2.33. The Morgan fingerprint density at radius 3 is 2.60 bits per heavy atom. The molecule has 0 bridgehead atoms. The first-order valence-electron chi connectivity index (χ1n) is 5.34. The average molecular weight is 226 g/mol. The molecule has 1 N–H and O–H groups in total. The predicted octanol–water partition coefficient (Wildman–Crippen LogP) is 2.85. The van der Waals surface area contributed by atoms with Gasteiger partial charge in [0.2, 0.25) is 0 Å². The minimum atomic E-state index is 0.202. The largest absolute Gasteiger partial charge is 0.506 e. The van der Waals surface area contributed by atoms with Crippen molar-refractivity contribution in [2.24, 2.45) is 0 Å². The van der Waals surface area contributed by atoms with E-state index in [4.69, 9.17) is 11.6 Å². The third-order valence-corrected chi connectivity index (χ3v) is 3.48. The van der Waals surface area contributed by atoms with E-state index >= 15 is 0 Å². The lowest BCUT2D eigenvalue weighted by Gasteiger charge is -2.29. The number of halogens is 1. The van der Waals surface area contributed by atoms with Gasteiger partial charge in [0.1, 0.15) is 5.75 Å². The van der Waals surface area contributed by atoms with E-state index in [-0.39, 0.29) is 5.75 Å². The van der Waals surface area contributed by atoms with Gasteiger partial charge in [-0.15, -0.1) is 0 Å². The van der Waals surface area contributed by atoms with E-state index in [1.807, 2.05) is 6.07 Å². The van der Waals surface area contributed by atoms with Crippen LogP contribution in [-0.2, 0) is 0 Å². The summed E-state index contributed by atoms with van der Waals surface area (Å²) in [4.78, 5) is 2.34. The van der Waals surface area contributed by atoms with Crippen LogP contribution in [0.5, 0.6) is 5.75 Å². The molecule has 82 valence electrons. The van der Waals surface area contributed by atoms with Crippen LogP contribution in [0, 0.1) is 0 Å². The van der Waals surface area contributed by atoms with Crippen molar-refractivity contribution in [1.82, 2.24) is 4.90 Å². The molecule has 1 aliphatic rings. The lowest BCUT2D eigenvalue weighted by atomic mass is 9.89. The van der Waals surface area contributed by atoms with Gasteiger partial charge in [0.25, 0.3) is 0 Å². The average Bonchev–Trinajstić information content (AvgIpc) is 2.23. The van der Waals surface area contributed by atoms with Gasteiger partial charge in [-0.05, 0) is 56.6 Å². The third-order valence-electron chi connectivity index (χ3n) is 3.16. The Bertz CT molecular complexity index is 345. The molecule has 1 aliphatic heterocycles. The number of hydrogen-bond acceptors (Lipinski definition) is 2. The van der Waals surface area contributed by atoms with E-state index in [9.17, 15) is 5.11 Å². The van der Waals surface area contributed by atoms with Crippen LogP contribution in [0.4, 0.5) is 0 Å². The van der Waals surface area contributed by atoms with Gasteiger partial charge in [0.05, 0.1) is 5.02 Å². The van der Waals surface area contributed by atoms with Crippen LogP contribution in [0.2, 0.25) is 5.02 Å². The fraction of sp³-hybridized carbons (Fsp3) is 0.500. The van der Waals surface area contributed by atoms with E-state index in [1.165, 1.54) is 5.56 Å². The van der Waals surface area contributed by atoms with Crippen LogP contribution >= 0.6 is 11.6 Å². The van der Waals surface area contributed by atoms with Gasteiger partial charge in [-0.1, -0.05) is 17.7 Å². The molecule has 15 heavy (non-hydrogen) atoms. The second-order valence-electron chi connectivity index (χ2n) is 4.29. The minimum Gasteiger partial charge on any atom is -0.506 e. The molecule has 0 atom stereocenters. The molecule has 1 heterocycles. The minimum absolute atomic E-state index is 0.202. The number of hydrogen-bond donors (Lipinski definition) is 1. The quantitative estimate of drug-likeness (QED) is 0.795. The normalized spacial score (nSPS) is 19.3. The van der Waals surface area contributed by atoms with Crippen molar-refractivity contribution in [1.29, 1.82) is 0 Å². The molecule has 1 aromatic rings. The summed E-state index contributed by atoms with van der Waals surface area (Å²) in [6.45, 7) is 2.27. The van der Waals surface area contributed by atoms with Gasteiger partial charge >= 0.3 is 0 Å². The maximum atomic E-state index is 9.54. The highest BCUT2D eigenvalue weighted by molar-refractivity contribution is 6.32. The smallest absolute Gasteiger partial charge is 0.134 e. The van der Waals surface area contributed by atoms with Crippen molar-refractivity contribution in [3.05, 3.63) is 28.8 Å². The summed E-state index contributed by atoms with van der Waals surface area (Å²) < 4.78 is 0. The number of piperidine rings is 1. The first-order chi connectivity index (χ1) is 7.16. The van der Waals surface area contributed by atoms with Gasteiger partial charge < -0.3 is 10.0 Å². The summed E-state index contributed by atoms with van der Waals surface area (Å²) in [5.41, 5.74) is 1.21. The number of nitrogens with zero attached hydrogens (tertiary/aromatic N) is 1. The molecule has 2 nitrogen and oxygen atoms in total. The maximum absolute atomic E-state index is 9.54. The second-order valence-corrected chi connectivity index (χ2v) is 4.70. The SMILES string of the molecule is CN1CCC(c2ccc(Cl)c(O)c2)CC1. The zero-order chi connectivity index (χ0) is 10.8. The summed E-state index contributed by atoms with van der Waals surface area (Å²) in [7, 11) is 2.15. The van der Waals surface area contributed by atoms with Gasteiger partial charge in [0.15, 0.2) is 0 Å². The number of rotatable bonds is 1. The lowest BCUT2D eigenvalue weighted by Crippen LogP contribution is -2.29. The zero-order valence-corrected chi connectivity index (χ0v) is 9.67. The number of benzene rings is 1.